The molecule has 0 saturated carbocycles. The topological polar surface area (TPSA) is 12.0 Å². The highest BCUT2D eigenvalue weighted by Gasteiger charge is 2.23. The highest BCUT2D eigenvalue weighted by molar-refractivity contribution is 9.11. The lowest BCUT2D eigenvalue weighted by molar-refractivity contribution is 0.192. The van der Waals surface area contributed by atoms with Crippen molar-refractivity contribution in [3.05, 3.63) is 20.8 Å². The van der Waals surface area contributed by atoms with Gasteiger partial charge in [0.15, 0.2) is 0 Å². The molecule has 1 aliphatic rings. The van der Waals surface area contributed by atoms with Crippen LogP contribution in [0.15, 0.2) is 15.9 Å². The van der Waals surface area contributed by atoms with Crippen molar-refractivity contribution >= 4 is 27.3 Å². The molecule has 1 saturated heterocycles. The molecule has 1 aromatic heterocycles. The maximum absolute atomic E-state index is 13.9. The van der Waals surface area contributed by atoms with Crippen LogP contribution in [0.3, 0.4) is 0 Å². The van der Waals surface area contributed by atoms with Gasteiger partial charge in [-0.25, -0.2) is 4.39 Å². The molecule has 4 heteroatoms. The molecule has 0 spiro atoms. The maximum Gasteiger partial charge on any atom is 0.109 e. The molecule has 0 bridgehead atoms. The summed E-state index contributed by atoms with van der Waals surface area (Å²) in [6.45, 7) is 1.89. The minimum absolute atomic E-state index is 0.208. The Labute approximate surface area is 102 Å². The summed E-state index contributed by atoms with van der Waals surface area (Å²) in [5, 5.41) is 3.26. The number of hydrogen-bond donors (Lipinski definition) is 1. The first kappa shape index (κ1) is 11.6. The maximum atomic E-state index is 13.9. The fourth-order valence-electron chi connectivity index (χ4n) is 2.01. The molecule has 2 atom stereocenters. The van der Waals surface area contributed by atoms with Gasteiger partial charge < -0.3 is 5.32 Å². The molecule has 2 unspecified atom stereocenters. The number of alkyl halides is 1. The second-order valence-electron chi connectivity index (χ2n) is 4.03. The summed E-state index contributed by atoms with van der Waals surface area (Å²) in [6, 6.07) is 4.00. The second kappa shape index (κ2) is 5.41. The zero-order chi connectivity index (χ0) is 10.7. The van der Waals surface area contributed by atoms with Gasteiger partial charge in [-0.3, -0.25) is 0 Å². The summed E-state index contributed by atoms with van der Waals surface area (Å²) in [7, 11) is 0. The van der Waals surface area contributed by atoms with E-state index >= 15 is 0 Å². The highest BCUT2D eigenvalue weighted by Crippen LogP contribution is 2.27. The van der Waals surface area contributed by atoms with Gasteiger partial charge >= 0.3 is 0 Å². The molecular formula is C11H15BrFNS. The number of piperidine rings is 1. The van der Waals surface area contributed by atoms with Crippen molar-refractivity contribution in [1.82, 2.24) is 5.32 Å². The third-order valence-corrected chi connectivity index (χ3v) is 4.52. The van der Waals surface area contributed by atoms with Gasteiger partial charge in [0.1, 0.15) is 6.17 Å². The van der Waals surface area contributed by atoms with Crippen molar-refractivity contribution < 1.29 is 4.39 Å². The lowest BCUT2D eigenvalue weighted by atomic mass is 9.93. The molecule has 1 fully saturated rings. The number of halogens is 2. The molecule has 1 aromatic rings. The molecule has 0 aromatic carbocycles. The minimum Gasteiger partial charge on any atom is -0.316 e. The van der Waals surface area contributed by atoms with Gasteiger partial charge in [0.05, 0.1) is 3.79 Å². The van der Waals surface area contributed by atoms with E-state index in [0.717, 1.165) is 34.6 Å². The molecule has 15 heavy (non-hydrogen) atoms. The first-order chi connectivity index (χ1) is 7.25. The SMILES string of the molecule is FC(Cc1ccc(Br)s1)C1CCCNC1. The zero-order valence-electron chi connectivity index (χ0n) is 8.51. The summed E-state index contributed by atoms with van der Waals surface area (Å²) in [4.78, 5) is 1.14. The average Bonchev–Trinajstić information content (AvgIpc) is 2.65. The largest absolute Gasteiger partial charge is 0.316 e. The third kappa shape index (κ3) is 3.26. The summed E-state index contributed by atoms with van der Waals surface area (Å²) < 4.78 is 15.0. The molecule has 0 amide bonds. The fraction of sp³-hybridized carbons (Fsp3) is 0.636. The van der Waals surface area contributed by atoms with Gasteiger partial charge in [-0.1, -0.05) is 0 Å². The minimum atomic E-state index is -0.691. The van der Waals surface area contributed by atoms with Crippen molar-refractivity contribution in [2.24, 2.45) is 5.92 Å². The summed E-state index contributed by atoms with van der Waals surface area (Å²) in [5.41, 5.74) is 0. The Morgan fingerprint density at radius 3 is 3.07 bits per heavy atom. The Morgan fingerprint density at radius 2 is 2.47 bits per heavy atom. The Balaban J connectivity index is 1.88. The van der Waals surface area contributed by atoms with Crippen molar-refractivity contribution in [3.63, 3.8) is 0 Å². The van der Waals surface area contributed by atoms with Gasteiger partial charge in [-0.2, -0.15) is 0 Å². The van der Waals surface area contributed by atoms with Gasteiger partial charge in [0.25, 0.3) is 0 Å². The van der Waals surface area contributed by atoms with E-state index in [1.54, 1.807) is 11.3 Å². The summed E-state index contributed by atoms with van der Waals surface area (Å²) >= 11 is 5.04. The number of hydrogen-bond acceptors (Lipinski definition) is 2. The van der Waals surface area contributed by atoms with Crippen LogP contribution in [-0.4, -0.2) is 19.3 Å². The van der Waals surface area contributed by atoms with Crippen LogP contribution in [0.5, 0.6) is 0 Å². The van der Waals surface area contributed by atoms with Crippen LogP contribution < -0.4 is 5.32 Å². The smallest absolute Gasteiger partial charge is 0.109 e. The van der Waals surface area contributed by atoms with Crippen LogP contribution in [0.2, 0.25) is 0 Å². The lowest BCUT2D eigenvalue weighted by Crippen LogP contribution is -2.35. The Kier molecular flexibility index (Phi) is 4.17. The number of nitrogens with one attached hydrogen (secondary N) is 1. The molecule has 1 aliphatic heterocycles. The van der Waals surface area contributed by atoms with Crippen molar-refractivity contribution in [1.29, 1.82) is 0 Å². The van der Waals surface area contributed by atoms with Crippen LogP contribution in [-0.2, 0) is 6.42 Å². The number of rotatable bonds is 3. The van der Waals surface area contributed by atoms with Crippen LogP contribution in [0.25, 0.3) is 0 Å². The van der Waals surface area contributed by atoms with Crippen LogP contribution in [0, 0.1) is 5.92 Å². The van der Waals surface area contributed by atoms with Gasteiger partial charge in [0.2, 0.25) is 0 Å². The fourth-order valence-corrected chi connectivity index (χ4v) is 3.53. The van der Waals surface area contributed by atoms with E-state index in [2.05, 4.69) is 21.2 Å². The summed E-state index contributed by atoms with van der Waals surface area (Å²) in [6.07, 6.45) is 2.02. The van der Waals surface area contributed by atoms with E-state index in [-0.39, 0.29) is 5.92 Å². The number of thiophene rings is 1. The first-order valence-electron chi connectivity index (χ1n) is 5.34. The molecule has 84 valence electrons. The molecule has 1 nitrogen and oxygen atoms in total. The standard InChI is InChI=1S/C11H15BrFNS/c12-11-4-3-9(15-11)6-10(13)8-2-1-5-14-7-8/h3-4,8,10,14H,1-2,5-7H2. The molecule has 2 heterocycles. The average molecular weight is 292 g/mol. The van der Waals surface area contributed by atoms with E-state index in [4.69, 9.17) is 0 Å². The van der Waals surface area contributed by atoms with Crippen LogP contribution >= 0.6 is 27.3 Å². The molecule has 0 radical (unpaired) electrons. The highest BCUT2D eigenvalue weighted by atomic mass is 79.9. The quantitative estimate of drug-likeness (QED) is 0.900. The third-order valence-electron chi connectivity index (χ3n) is 2.87. The molecule has 1 N–H and O–H groups in total. The van der Waals surface area contributed by atoms with Crippen LogP contribution in [0.1, 0.15) is 17.7 Å². The van der Waals surface area contributed by atoms with Crippen molar-refractivity contribution in [2.45, 2.75) is 25.4 Å². The van der Waals surface area contributed by atoms with E-state index in [1.165, 1.54) is 0 Å². The molecular weight excluding hydrogens is 277 g/mol. The predicted molar refractivity (Wildman–Crippen MR) is 66.2 cm³/mol. The van der Waals surface area contributed by atoms with Gasteiger partial charge in [-0.15, -0.1) is 11.3 Å². The van der Waals surface area contributed by atoms with Crippen LogP contribution in [0.4, 0.5) is 4.39 Å². The zero-order valence-corrected chi connectivity index (χ0v) is 10.9. The molecule has 2 rings (SSSR count). The van der Waals surface area contributed by atoms with E-state index in [1.807, 2.05) is 12.1 Å². The Morgan fingerprint density at radius 1 is 1.60 bits per heavy atom. The predicted octanol–water partition coefficient (Wildman–Crippen LogP) is 3.39. The van der Waals surface area contributed by atoms with E-state index < -0.39 is 6.17 Å². The van der Waals surface area contributed by atoms with E-state index in [0.29, 0.717) is 6.42 Å². The normalized spacial score (nSPS) is 24.0. The first-order valence-corrected chi connectivity index (χ1v) is 6.95. The van der Waals surface area contributed by atoms with Crippen molar-refractivity contribution in [2.75, 3.05) is 13.1 Å². The van der Waals surface area contributed by atoms with Gasteiger partial charge in [-0.05, 0) is 47.4 Å². The second-order valence-corrected chi connectivity index (χ2v) is 6.58. The monoisotopic (exact) mass is 291 g/mol. The van der Waals surface area contributed by atoms with Gasteiger partial charge in [0, 0.05) is 23.8 Å². The Hall–Kier alpha value is 0.0700. The summed E-state index contributed by atoms with van der Waals surface area (Å²) in [5.74, 6) is 0.208. The van der Waals surface area contributed by atoms with Crippen molar-refractivity contribution in [3.8, 4) is 0 Å². The van der Waals surface area contributed by atoms with E-state index in [9.17, 15) is 4.39 Å². The Bertz CT molecular complexity index is 309. The molecule has 0 aliphatic carbocycles. The lowest BCUT2D eigenvalue weighted by Gasteiger charge is -2.25.